The van der Waals surface area contributed by atoms with E-state index >= 15 is 0 Å². The Hall–Kier alpha value is -0.120. The van der Waals surface area contributed by atoms with Crippen molar-refractivity contribution in [1.82, 2.24) is 5.32 Å². The summed E-state index contributed by atoms with van der Waals surface area (Å²) in [4.78, 5) is 0. The highest BCUT2D eigenvalue weighted by atomic mass is 16.6. The second-order valence-corrected chi connectivity index (χ2v) is 5.96. The van der Waals surface area contributed by atoms with E-state index in [1.54, 1.807) is 0 Å². The van der Waals surface area contributed by atoms with E-state index in [2.05, 4.69) is 39.9 Å². The SMILES string of the molecule is CCCC(C)(C)OCCC(C)(C)NC1CO1. The average molecular weight is 229 g/mol. The molecular formula is C13H27NO2. The number of nitrogens with one attached hydrogen (secondary N) is 1. The second kappa shape index (κ2) is 5.48. The van der Waals surface area contributed by atoms with E-state index in [1.807, 2.05) is 0 Å². The summed E-state index contributed by atoms with van der Waals surface area (Å²) >= 11 is 0. The molecule has 1 aliphatic heterocycles. The molecular weight excluding hydrogens is 202 g/mol. The highest BCUT2D eigenvalue weighted by molar-refractivity contribution is 4.83. The van der Waals surface area contributed by atoms with Gasteiger partial charge in [-0.1, -0.05) is 13.3 Å². The van der Waals surface area contributed by atoms with Crippen LogP contribution in [-0.2, 0) is 9.47 Å². The fourth-order valence-electron chi connectivity index (χ4n) is 1.90. The summed E-state index contributed by atoms with van der Waals surface area (Å²) in [6.45, 7) is 12.6. The molecule has 0 saturated carbocycles. The number of epoxide rings is 1. The molecule has 1 saturated heterocycles. The Balaban J connectivity index is 2.17. The third kappa shape index (κ3) is 5.83. The third-order valence-electron chi connectivity index (χ3n) is 2.96. The van der Waals surface area contributed by atoms with Crippen LogP contribution in [0.3, 0.4) is 0 Å². The van der Waals surface area contributed by atoms with Crippen LogP contribution in [0, 0.1) is 0 Å². The average Bonchev–Trinajstić information content (AvgIpc) is 2.85. The minimum Gasteiger partial charge on any atom is -0.376 e. The van der Waals surface area contributed by atoms with E-state index < -0.39 is 0 Å². The summed E-state index contributed by atoms with van der Waals surface area (Å²) in [6.07, 6.45) is 3.58. The zero-order valence-corrected chi connectivity index (χ0v) is 11.4. The van der Waals surface area contributed by atoms with Gasteiger partial charge in [0.25, 0.3) is 0 Å². The van der Waals surface area contributed by atoms with Gasteiger partial charge in [-0.25, -0.2) is 0 Å². The summed E-state index contributed by atoms with van der Waals surface area (Å²) in [5.41, 5.74) is 0.115. The molecule has 1 heterocycles. The number of hydrogen-bond donors (Lipinski definition) is 1. The lowest BCUT2D eigenvalue weighted by Crippen LogP contribution is -2.42. The lowest BCUT2D eigenvalue weighted by atomic mass is 10.00. The van der Waals surface area contributed by atoms with Gasteiger partial charge in [-0.2, -0.15) is 0 Å². The molecule has 16 heavy (non-hydrogen) atoms. The normalized spacial score (nSPS) is 21.2. The topological polar surface area (TPSA) is 33.8 Å². The van der Waals surface area contributed by atoms with E-state index in [0.717, 1.165) is 26.1 Å². The first-order chi connectivity index (χ1) is 7.35. The molecule has 0 aromatic heterocycles. The monoisotopic (exact) mass is 229 g/mol. The van der Waals surface area contributed by atoms with Crippen LogP contribution in [0.25, 0.3) is 0 Å². The summed E-state index contributed by atoms with van der Waals surface area (Å²) in [5.74, 6) is 0. The van der Waals surface area contributed by atoms with Crippen molar-refractivity contribution in [2.75, 3.05) is 13.2 Å². The van der Waals surface area contributed by atoms with Gasteiger partial charge < -0.3 is 9.47 Å². The van der Waals surface area contributed by atoms with Gasteiger partial charge in [-0.3, -0.25) is 5.32 Å². The summed E-state index contributed by atoms with van der Waals surface area (Å²) < 4.78 is 11.1. The van der Waals surface area contributed by atoms with Crippen LogP contribution >= 0.6 is 0 Å². The Labute approximate surface area is 99.9 Å². The molecule has 1 fully saturated rings. The summed E-state index contributed by atoms with van der Waals surface area (Å²) in [7, 11) is 0. The largest absolute Gasteiger partial charge is 0.376 e. The first-order valence-corrected chi connectivity index (χ1v) is 6.38. The molecule has 3 heteroatoms. The van der Waals surface area contributed by atoms with Gasteiger partial charge in [-0.05, 0) is 40.5 Å². The number of hydrogen-bond acceptors (Lipinski definition) is 3. The number of ether oxygens (including phenoxy) is 2. The maximum Gasteiger partial charge on any atom is 0.132 e. The van der Waals surface area contributed by atoms with Crippen LogP contribution in [0.5, 0.6) is 0 Å². The van der Waals surface area contributed by atoms with E-state index in [0.29, 0.717) is 0 Å². The van der Waals surface area contributed by atoms with Crippen molar-refractivity contribution >= 4 is 0 Å². The Kier molecular flexibility index (Phi) is 4.77. The molecule has 1 unspecified atom stereocenters. The van der Waals surface area contributed by atoms with Gasteiger partial charge in [0, 0.05) is 12.1 Å². The molecule has 1 rings (SSSR count). The van der Waals surface area contributed by atoms with E-state index in [4.69, 9.17) is 9.47 Å². The van der Waals surface area contributed by atoms with Crippen LogP contribution in [0.1, 0.15) is 53.9 Å². The van der Waals surface area contributed by atoms with Gasteiger partial charge in [0.15, 0.2) is 0 Å². The lowest BCUT2D eigenvalue weighted by Gasteiger charge is -2.29. The second-order valence-electron chi connectivity index (χ2n) is 5.96. The van der Waals surface area contributed by atoms with E-state index in [1.165, 1.54) is 6.42 Å². The van der Waals surface area contributed by atoms with Crippen LogP contribution in [0.15, 0.2) is 0 Å². The van der Waals surface area contributed by atoms with Crippen molar-refractivity contribution in [1.29, 1.82) is 0 Å². The smallest absolute Gasteiger partial charge is 0.132 e. The minimum absolute atomic E-state index is 0.0148. The summed E-state index contributed by atoms with van der Waals surface area (Å²) in [6, 6.07) is 0. The van der Waals surface area contributed by atoms with Crippen molar-refractivity contribution in [2.24, 2.45) is 0 Å². The van der Waals surface area contributed by atoms with Crippen LogP contribution in [-0.4, -0.2) is 30.6 Å². The first-order valence-electron chi connectivity index (χ1n) is 6.38. The maximum absolute atomic E-state index is 5.93. The van der Waals surface area contributed by atoms with Crippen LogP contribution < -0.4 is 5.32 Å². The van der Waals surface area contributed by atoms with Crippen LogP contribution in [0.4, 0.5) is 0 Å². The highest BCUT2D eigenvalue weighted by Gasteiger charge is 2.30. The van der Waals surface area contributed by atoms with Crippen molar-refractivity contribution in [3.05, 3.63) is 0 Å². The third-order valence-corrected chi connectivity index (χ3v) is 2.96. The van der Waals surface area contributed by atoms with Crippen molar-refractivity contribution in [3.63, 3.8) is 0 Å². The quantitative estimate of drug-likeness (QED) is 0.650. The van der Waals surface area contributed by atoms with Gasteiger partial charge in [0.2, 0.25) is 0 Å². The molecule has 0 aromatic carbocycles. The first kappa shape index (κ1) is 13.9. The Morgan fingerprint density at radius 2 is 1.88 bits per heavy atom. The zero-order valence-electron chi connectivity index (χ0n) is 11.4. The Morgan fingerprint density at radius 3 is 2.38 bits per heavy atom. The molecule has 1 N–H and O–H groups in total. The van der Waals surface area contributed by atoms with Crippen molar-refractivity contribution in [3.8, 4) is 0 Å². The van der Waals surface area contributed by atoms with Crippen LogP contribution in [0.2, 0.25) is 0 Å². The fraction of sp³-hybridized carbons (Fsp3) is 1.00. The molecule has 1 aliphatic rings. The maximum atomic E-state index is 5.93. The molecule has 3 nitrogen and oxygen atoms in total. The minimum atomic E-state index is 0.0148. The fourth-order valence-corrected chi connectivity index (χ4v) is 1.90. The molecule has 0 spiro atoms. The predicted octanol–water partition coefficient (Wildman–Crippen LogP) is 2.70. The van der Waals surface area contributed by atoms with Gasteiger partial charge in [0.1, 0.15) is 6.23 Å². The van der Waals surface area contributed by atoms with E-state index in [9.17, 15) is 0 Å². The zero-order chi connectivity index (χ0) is 12.2. The molecule has 96 valence electrons. The van der Waals surface area contributed by atoms with E-state index in [-0.39, 0.29) is 17.4 Å². The lowest BCUT2D eigenvalue weighted by molar-refractivity contribution is -0.0316. The molecule has 0 aromatic rings. The van der Waals surface area contributed by atoms with Crippen molar-refractivity contribution in [2.45, 2.75) is 71.2 Å². The molecule has 0 bridgehead atoms. The van der Waals surface area contributed by atoms with Gasteiger partial charge in [0.05, 0.1) is 12.2 Å². The predicted molar refractivity (Wildman–Crippen MR) is 66.5 cm³/mol. The van der Waals surface area contributed by atoms with Crippen molar-refractivity contribution < 1.29 is 9.47 Å². The highest BCUT2D eigenvalue weighted by Crippen LogP contribution is 2.20. The Morgan fingerprint density at radius 1 is 1.25 bits per heavy atom. The van der Waals surface area contributed by atoms with Gasteiger partial charge in [-0.15, -0.1) is 0 Å². The Bertz CT molecular complexity index is 210. The van der Waals surface area contributed by atoms with Gasteiger partial charge >= 0.3 is 0 Å². The number of rotatable bonds is 8. The summed E-state index contributed by atoms with van der Waals surface area (Å²) in [5, 5.41) is 3.45. The molecule has 0 aliphatic carbocycles. The molecule has 1 atom stereocenters. The molecule has 0 amide bonds. The standard InChI is InChI=1S/C13H27NO2/c1-6-7-13(4,5)16-9-8-12(2,3)14-11-10-15-11/h11,14H,6-10H2,1-5H3. The molecule has 0 radical (unpaired) electrons.